The van der Waals surface area contributed by atoms with E-state index in [9.17, 15) is 8.42 Å². The minimum absolute atomic E-state index is 0.0344. The standard InChI is InChI=1S/C9H14N2O3S/c1-3-14-8-11(2)15(12,13)9-6-4-5-7-10-9/h4-7H,3,8H2,1-2H3. The maximum atomic E-state index is 11.8. The molecule has 0 spiro atoms. The van der Waals surface area contributed by atoms with Crippen LogP contribution in [0.4, 0.5) is 0 Å². The highest BCUT2D eigenvalue weighted by Crippen LogP contribution is 2.09. The third-order valence-electron chi connectivity index (χ3n) is 1.79. The van der Waals surface area contributed by atoms with Crippen LogP contribution in [0.2, 0.25) is 0 Å². The third kappa shape index (κ3) is 2.98. The van der Waals surface area contributed by atoms with Crippen LogP contribution in [0.3, 0.4) is 0 Å². The quantitative estimate of drug-likeness (QED) is 0.698. The fourth-order valence-electron chi connectivity index (χ4n) is 0.949. The van der Waals surface area contributed by atoms with Gasteiger partial charge in [0.2, 0.25) is 0 Å². The number of rotatable bonds is 5. The molecule has 84 valence electrons. The van der Waals surface area contributed by atoms with Crippen molar-refractivity contribution >= 4 is 10.0 Å². The van der Waals surface area contributed by atoms with Crippen molar-refractivity contribution in [2.45, 2.75) is 11.9 Å². The van der Waals surface area contributed by atoms with Crippen LogP contribution < -0.4 is 0 Å². The lowest BCUT2D eigenvalue weighted by molar-refractivity contribution is 0.0912. The van der Waals surface area contributed by atoms with Crippen molar-refractivity contribution in [2.75, 3.05) is 20.4 Å². The van der Waals surface area contributed by atoms with Gasteiger partial charge in [-0.3, -0.25) is 0 Å². The van der Waals surface area contributed by atoms with Crippen LogP contribution in [0.25, 0.3) is 0 Å². The number of nitrogens with zero attached hydrogens (tertiary/aromatic N) is 2. The summed E-state index contributed by atoms with van der Waals surface area (Å²) < 4.78 is 29.8. The van der Waals surface area contributed by atoms with Crippen LogP contribution in [0, 0.1) is 0 Å². The number of pyridine rings is 1. The molecule has 0 radical (unpaired) electrons. The lowest BCUT2D eigenvalue weighted by Gasteiger charge is -2.15. The summed E-state index contributed by atoms with van der Waals surface area (Å²) in [6.07, 6.45) is 1.45. The predicted molar refractivity (Wildman–Crippen MR) is 55.7 cm³/mol. The summed E-state index contributed by atoms with van der Waals surface area (Å²) in [7, 11) is -2.06. The second-order valence-electron chi connectivity index (χ2n) is 2.89. The van der Waals surface area contributed by atoms with Crippen LogP contribution in [0.5, 0.6) is 0 Å². The van der Waals surface area contributed by atoms with Gasteiger partial charge in [0.05, 0.1) is 0 Å². The number of sulfonamides is 1. The SMILES string of the molecule is CCOCN(C)S(=O)(=O)c1ccccn1. The Morgan fingerprint density at radius 1 is 1.47 bits per heavy atom. The van der Waals surface area contributed by atoms with E-state index >= 15 is 0 Å². The Kier molecular flexibility index (Phi) is 4.19. The monoisotopic (exact) mass is 230 g/mol. The fraction of sp³-hybridized carbons (Fsp3) is 0.444. The molecule has 0 aliphatic heterocycles. The Hall–Kier alpha value is -0.980. The van der Waals surface area contributed by atoms with Gasteiger partial charge in [0, 0.05) is 19.9 Å². The van der Waals surface area contributed by atoms with Crippen LogP contribution >= 0.6 is 0 Å². The molecule has 0 atom stereocenters. The van der Waals surface area contributed by atoms with Crippen molar-refractivity contribution in [3.63, 3.8) is 0 Å². The normalized spacial score (nSPS) is 11.9. The lowest BCUT2D eigenvalue weighted by atomic mass is 10.5. The highest BCUT2D eigenvalue weighted by molar-refractivity contribution is 7.89. The average molecular weight is 230 g/mol. The minimum atomic E-state index is -3.51. The third-order valence-corrected chi connectivity index (χ3v) is 3.49. The second-order valence-corrected chi connectivity index (χ2v) is 4.88. The first-order valence-corrected chi connectivity index (χ1v) is 5.98. The molecular weight excluding hydrogens is 216 g/mol. The molecule has 0 aliphatic carbocycles. The van der Waals surface area contributed by atoms with Crippen LogP contribution in [-0.2, 0) is 14.8 Å². The molecule has 0 N–H and O–H groups in total. The Labute approximate surface area is 89.7 Å². The first-order valence-electron chi connectivity index (χ1n) is 4.54. The van der Waals surface area contributed by atoms with Gasteiger partial charge >= 0.3 is 0 Å². The van der Waals surface area contributed by atoms with Crippen molar-refractivity contribution < 1.29 is 13.2 Å². The molecule has 0 unspecified atom stereocenters. The maximum absolute atomic E-state index is 11.8. The molecule has 0 fully saturated rings. The Bertz CT molecular complexity index is 391. The summed E-state index contributed by atoms with van der Waals surface area (Å²) in [6, 6.07) is 4.76. The van der Waals surface area contributed by atoms with Gasteiger partial charge in [-0.2, -0.15) is 4.31 Å². The molecule has 6 heteroatoms. The van der Waals surface area contributed by atoms with Crippen molar-refractivity contribution in [1.29, 1.82) is 0 Å². The lowest BCUT2D eigenvalue weighted by Crippen LogP contribution is -2.29. The molecule has 0 aromatic carbocycles. The highest BCUT2D eigenvalue weighted by atomic mass is 32.2. The van der Waals surface area contributed by atoms with E-state index in [0.29, 0.717) is 6.61 Å². The summed E-state index contributed by atoms with van der Waals surface area (Å²) in [5.74, 6) is 0. The zero-order valence-electron chi connectivity index (χ0n) is 8.75. The number of ether oxygens (including phenoxy) is 1. The van der Waals surface area contributed by atoms with Gasteiger partial charge in [-0.05, 0) is 19.1 Å². The molecule has 0 saturated heterocycles. The van der Waals surface area contributed by atoms with Crippen molar-refractivity contribution in [1.82, 2.24) is 9.29 Å². The van der Waals surface area contributed by atoms with Gasteiger partial charge in [-0.25, -0.2) is 13.4 Å². The average Bonchev–Trinajstić information content (AvgIpc) is 2.27. The molecule has 0 bridgehead atoms. The zero-order chi connectivity index (χ0) is 11.3. The fourth-order valence-corrected chi connectivity index (χ4v) is 1.93. The van der Waals surface area contributed by atoms with Crippen molar-refractivity contribution in [3.8, 4) is 0 Å². The largest absolute Gasteiger partial charge is 0.365 e. The van der Waals surface area contributed by atoms with E-state index in [1.54, 1.807) is 19.1 Å². The summed E-state index contributed by atoms with van der Waals surface area (Å²) in [5.41, 5.74) is 0. The number of aromatic nitrogens is 1. The number of hydrogen-bond acceptors (Lipinski definition) is 4. The molecule has 1 aromatic heterocycles. The molecular formula is C9H14N2O3S. The first-order chi connectivity index (χ1) is 7.09. The molecule has 5 nitrogen and oxygen atoms in total. The molecule has 0 saturated carbocycles. The summed E-state index contributed by atoms with van der Waals surface area (Å²) in [6.45, 7) is 2.32. The Morgan fingerprint density at radius 3 is 2.73 bits per heavy atom. The maximum Gasteiger partial charge on any atom is 0.262 e. The van der Waals surface area contributed by atoms with Crippen molar-refractivity contribution in [2.24, 2.45) is 0 Å². The highest BCUT2D eigenvalue weighted by Gasteiger charge is 2.21. The van der Waals surface area contributed by atoms with Gasteiger partial charge in [-0.15, -0.1) is 0 Å². The van der Waals surface area contributed by atoms with E-state index in [1.807, 2.05) is 0 Å². The van der Waals surface area contributed by atoms with Crippen molar-refractivity contribution in [3.05, 3.63) is 24.4 Å². The minimum Gasteiger partial charge on any atom is -0.365 e. The van der Waals surface area contributed by atoms with Gasteiger partial charge in [-0.1, -0.05) is 6.07 Å². The van der Waals surface area contributed by atoms with Gasteiger partial charge < -0.3 is 4.74 Å². The molecule has 0 amide bonds. The second kappa shape index (κ2) is 5.20. The topological polar surface area (TPSA) is 59.5 Å². The smallest absolute Gasteiger partial charge is 0.262 e. The van der Waals surface area contributed by atoms with E-state index in [2.05, 4.69) is 4.98 Å². The summed E-state index contributed by atoms with van der Waals surface area (Å²) in [4.78, 5) is 3.79. The van der Waals surface area contributed by atoms with Gasteiger partial charge in [0.1, 0.15) is 6.73 Å². The van der Waals surface area contributed by atoms with Crippen LogP contribution in [-0.4, -0.2) is 38.1 Å². The van der Waals surface area contributed by atoms with E-state index in [-0.39, 0.29) is 11.8 Å². The van der Waals surface area contributed by atoms with Gasteiger partial charge in [0.25, 0.3) is 10.0 Å². The Balaban J connectivity index is 2.84. The van der Waals surface area contributed by atoms with Crippen LogP contribution in [0.15, 0.2) is 29.4 Å². The molecule has 1 heterocycles. The summed E-state index contributed by atoms with van der Waals surface area (Å²) >= 11 is 0. The van der Waals surface area contributed by atoms with E-state index in [1.165, 1.54) is 19.3 Å². The van der Waals surface area contributed by atoms with E-state index in [4.69, 9.17) is 4.74 Å². The van der Waals surface area contributed by atoms with Crippen LogP contribution in [0.1, 0.15) is 6.92 Å². The first kappa shape index (κ1) is 12.1. The van der Waals surface area contributed by atoms with E-state index in [0.717, 1.165) is 4.31 Å². The molecule has 1 aromatic rings. The van der Waals surface area contributed by atoms with E-state index < -0.39 is 10.0 Å². The zero-order valence-corrected chi connectivity index (χ0v) is 9.57. The predicted octanol–water partition coefficient (Wildman–Crippen LogP) is 0.696. The molecule has 1 rings (SSSR count). The molecule has 0 aliphatic rings. The number of hydrogen-bond donors (Lipinski definition) is 0. The summed E-state index contributed by atoms with van der Waals surface area (Å²) in [5, 5.41) is 0.0344. The Morgan fingerprint density at radius 2 is 2.20 bits per heavy atom. The molecule has 15 heavy (non-hydrogen) atoms. The van der Waals surface area contributed by atoms with Gasteiger partial charge in [0.15, 0.2) is 5.03 Å².